The monoisotopic (exact) mass is 510 g/mol. The first-order chi connectivity index (χ1) is 18.3. The van der Waals surface area contributed by atoms with E-state index in [0.29, 0.717) is 41.4 Å². The van der Waals surface area contributed by atoms with Crippen LogP contribution in [0.4, 0.5) is 11.6 Å². The van der Waals surface area contributed by atoms with Crippen molar-refractivity contribution in [2.24, 2.45) is 23.9 Å². The number of nitrogens with two attached hydrogens (primary N) is 1. The number of carbonyl (C=O) groups is 1. The van der Waals surface area contributed by atoms with Crippen molar-refractivity contribution in [3.05, 3.63) is 59.8 Å². The summed E-state index contributed by atoms with van der Waals surface area (Å²) in [7, 11) is 1.88. The van der Waals surface area contributed by atoms with Crippen LogP contribution >= 0.6 is 0 Å². The minimum Gasteiger partial charge on any atom is -0.474 e. The molecule has 4 aromatic rings. The molecule has 2 aliphatic rings. The highest BCUT2D eigenvalue weighted by Gasteiger charge is 2.44. The lowest BCUT2D eigenvalue weighted by Crippen LogP contribution is -2.15. The lowest BCUT2D eigenvalue weighted by atomic mass is 10.0. The van der Waals surface area contributed by atoms with Crippen molar-refractivity contribution in [3.63, 3.8) is 0 Å². The van der Waals surface area contributed by atoms with Crippen molar-refractivity contribution in [3.8, 4) is 11.3 Å². The van der Waals surface area contributed by atoms with Crippen LogP contribution in [0, 0.1) is 18.8 Å². The third kappa shape index (κ3) is 4.46. The number of rotatable bonds is 6. The molecule has 10 heteroatoms. The van der Waals surface area contributed by atoms with Crippen LogP contribution in [0.3, 0.4) is 0 Å². The van der Waals surface area contributed by atoms with Gasteiger partial charge in [-0.2, -0.15) is 5.10 Å². The topological polar surface area (TPSA) is 133 Å². The van der Waals surface area contributed by atoms with E-state index >= 15 is 0 Å². The van der Waals surface area contributed by atoms with Crippen LogP contribution in [0.1, 0.15) is 43.0 Å². The van der Waals surface area contributed by atoms with Crippen LogP contribution in [0.5, 0.6) is 0 Å². The highest BCUT2D eigenvalue weighted by molar-refractivity contribution is 5.99. The number of aromatic nitrogens is 5. The number of hydrogen-bond donors (Lipinski definition) is 2. The summed E-state index contributed by atoms with van der Waals surface area (Å²) in [4.78, 5) is 31.2. The molecule has 0 radical (unpaired) electrons. The molecule has 38 heavy (non-hydrogen) atoms. The first kappa shape index (κ1) is 24.0. The summed E-state index contributed by atoms with van der Waals surface area (Å²) >= 11 is 0. The van der Waals surface area contributed by atoms with Gasteiger partial charge in [0.2, 0.25) is 11.8 Å². The largest absolute Gasteiger partial charge is 0.474 e. The number of amides is 1. The van der Waals surface area contributed by atoms with Crippen LogP contribution in [0.25, 0.3) is 22.0 Å². The predicted octanol–water partition coefficient (Wildman–Crippen LogP) is 3.86. The van der Waals surface area contributed by atoms with Gasteiger partial charge in [-0.25, -0.2) is 15.0 Å². The number of aryl methyl sites for hydroxylation is 2. The molecule has 0 unspecified atom stereocenters. The number of pyridine rings is 3. The first-order valence-electron chi connectivity index (χ1n) is 12.8. The van der Waals surface area contributed by atoms with Crippen LogP contribution in [-0.4, -0.2) is 49.2 Å². The number of anilines is 2. The molecule has 194 valence electrons. The van der Waals surface area contributed by atoms with E-state index in [4.69, 9.17) is 10.5 Å². The summed E-state index contributed by atoms with van der Waals surface area (Å²) in [6.07, 6.45) is 8.02. The molecule has 3 atom stereocenters. The van der Waals surface area contributed by atoms with Gasteiger partial charge in [-0.15, -0.1) is 0 Å². The van der Waals surface area contributed by atoms with E-state index in [1.165, 1.54) is 0 Å². The average Bonchev–Trinajstić information content (AvgIpc) is 3.30. The minimum atomic E-state index is -0.0775. The van der Waals surface area contributed by atoms with Gasteiger partial charge in [0.15, 0.2) is 0 Å². The number of ether oxygens (including phenoxy) is 1. The number of hydrogen-bond acceptors (Lipinski definition) is 8. The molecule has 1 saturated carbocycles. The van der Waals surface area contributed by atoms with Gasteiger partial charge in [-0.1, -0.05) is 13.8 Å². The van der Waals surface area contributed by atoms with Crippen molar-refractivity contribution < 1.29 is 9.53 Å². The Morgan fingerprint density at radius 3 is 2.71 bits per heavy atom. The van der Waals surface area contributed by atoms with Crippen molar-refractivity contribution in [1.29, 1.82) is 0 Å². The Balaban J connectivity index is 1.23. The van der Waals surface area contributed by atoms with Crippen LogP contribution in [0.2, 0.25) is 0 Å². The molecule has 0 saturated heterocycles. The average molecular weight is 511 g/mol. The van der Waals surface area contributed by atoms with E-state index in [9.17, 15) is 4.79 Å². The van der Waals surface area contributed by atoms with E-state index in [-0.39, 0.29) is 23.8 Å². The normalized spacial score (nSPS) is 20.4. The molecular formula is C28H30N8O2. The fourth-order valence-corrected chi connectivity index (χ4v) is 4.90. The lowest BCUT2D eigenvalue weighted by molar-refractivity contribution is -0.117. The van der Waals surface area contributed by atoms with Gasteiger partial charge in [-0.3, -0.25) is 14.5 Å². The Bertz CT molecular complexity index is 1590. The molecule has 1 aliphatic heterocycles. The second-order valence-corrected chi connectivity index (χ2v) is 10.5. The second kappa shape index (κ2) is 9.20. The predicted molar refractivity (Wildman–Crippen MR) is 146 cm³/mol. The molecule has 6 rings (SSSR count). The number of nitrogens with zero attached hydrogens (tertiary/aromatic N) is 6. The van der Waals surface area contributed by atoms with Gasteiger partial charge in [-0.05, 0) is 59.9 Å². The lowest BCUT2D eigenvalue weighted by Gasteiger charge is -2.11. The summed E-state index contributed by atoms with van der Waals surface area (Å²) in [5, 5.41) is 8.74. The Morgan fingerprint density at radius 1 is 1.16 bits per heavy atom. The van der Waals surface area contributed by atoms with Gasteiger partial charge in [0.05, 0.1) is 17.9 Å². The molecular weight excluding hydrogens is 480 g/mol. The maximum absolute atomic E-state index is 12.9. The summed E-state index contributed by atoms with van der Waals surface area (Å²) in [5.41, 5.74) is 10.6. The van der Waals surface area contributed by atoms with Gasteiger partial charge in [0.1, 0.15) is 23.9 Å². The summed E-state index contributed by atoms with van der Waals surface area (Å²) < 4.78 is 7.55. The molecule has 10 nitrogen and oxygen atoms in total. The summed E-state index contributed by atoms with van der Waals surface area (Å²) in [5.74, 6) is 1.93. The van der Waals surface area contributed by atoms with E-state index in [1.807, 2.05) is 44.6 Å². The summed E-state index contributed by atoms with van der Waals surface area (Å²) in [6, 6.07) is 5.89. The summed E-state index contributed by atoms with van der Waals surface area (Å²) in [6.45, 7) is 6.85. The first-order valence-corrected chi connectivity index (χ1v) is 12.8. The van der Waals surface area contributed by atoms with E-state index in [0.717, 1.165) is 33.9 Å². The van der Waals surface area contributed by atoms with Gasteiger partial charge < -0.3 is 15.8 Å². The minimum absolute atomic E-state index is 0.0414. The fraction of sp³-hybridized carbons (Fsp3) is 0.357. The van der Waals surface area contributed by atoms with Gasteiger partial charge in [0, 0.05) is 42.5 Å². The van der Waals surface area contributed by atoms with Gasteiger partial charge >= 0.3 is 0 Å². The Labute approximate surface area is 220 Å². The molecule has 1 aliphatic carbocycles. The SMILES string of the molecule is Cc1cc(C2=N[C@@H](C(C)C)CO2)ncc1-c1cc2cc(NC(=O)[C@H]3C[C@@H]3c3cnn(C)c3)ncc2c(N)n1. The molecule has 3 N–H and O–H groups in total. The maximum Gasteiger partial charge on any atom is 0.235 e. The van der Waals surface area contributed by atoms with E-state index in [1.54, 1.807) is 17.1 Å². The highest BCUT2D eigenvalue weighted by Crippen LogP contribution is 2.47. The number of nitrogens with one attached hydrogen (secondary N) is 1. The molecule has 0 aromatic carbocycles. The van der Waals surface area contributed by atoms with Crippen LogP contribution < -0.4 is 11.1 Å². The molecule has 1 amide bonds. The van der Waals surface area contributed by atoms with Crippen molar-refractivity contribution in [1.82, 2.24) is 24.7 Å². The Morgan fingerprint density at radius 2 is 2.00 bits per heavy atom. The van der Waals surface area contributed by atoms with Crippen molar-refractivity contribution >= 4 is 34.2 Å². The van der Waals surface area contributed by atoms with Crippen molar-refractivity contribution in [2.75, 3.05) is 17.7 Å². The zero-order chi connectivity index (χ0) is 26.6. The highest BCUT2D eigenvalue weighted by atomic mass is 16.5. The molecule has 5 heterocycles. The Kier molecular flexibility index (Phi) is 5.81. The standard InChI is InChI=1S/C28H30N8O2/c1-14(2)24-13-38-28(34-24)23-5-15(3)20(10-30-23)22-6-16-7-25(31-11-21(16)26(29)33-22)35-27(37)19-8-18(19)17-9-32-36(4)12-17/h5-7,9-12,14,18-19,24H,8,13H2,1-4H3,(H2,29,33)(H,31,35,37)/t18-,19+,24-/m1/s1. The zero-order valence-corrected chi connectivity index (χ0v) is 21.8. The smallest absolute Gasteiger partial charge is 0.235 e. The third-order valence-electron chi connectivity index (χ3n) is 7.33. The number of carbonyl (C=O) groups excluding carboxylic acids is 1. The van der Waals surface area contributed by atoms with Gasteiger partial charge in [0.25, 0.3) is 0 Å². The second-order valence-electron chi connectivity index (χ2n) is 10.5. The number of aliphatic imine (C=N–C) groups is 1. The third-order valence-corrected chi connectivity index (χ3v) is 7.33. The zero-order valence-electron chi connectivity index (χ0n) is 21.8. The van der Waals surface area contributed by atoms with E-state index in [2.05, 4.69) is 44.2 Å². The van der Waals surface area contributed by atoms with Crippen LogP contribution in [-0.2, 0) is 16.6 Å². The molecule has 4 aromatic heterocycles. The Hall–Kier alpha value is -4.34. The number of nitrogen functional groups attached to an aromatic ring is 1. The molecule has 0 spiro atoms. The quantitative estimate of drug-likeness (QED) is 0.402. The van der Waals surface area contributed by atoms with Crippen LogP contribution in [0.15, 0.2) is 48.0 Å². The number of fused-ring (bicyclic) bond motifs is 1. The fourth-order valence-electron chi connectivity index (χ4n) is 4.90. The van der Waals surface area contributed by atoms with Crippen molar-refractivity contribution in [2.45, 2.75) is 39.2 Å². The molecule has 0 bridgehead atoms. The maximum atomic E-state index is 12.9. The molecule has 1 fully saturated rings. The van der Waals surface area contributed by atoms with E-state index < -0.39 is 0 Å².